The lowest BCUT2D eigenvalue weighted by Crippen LogP contribution is -2.10. The van der Waals surface area contributed by atoms with Crippen LogP contribution in [-0.4, -0.2) is 21.0 Å². The molecule has 0 spiro atoms. The first-order valence-corrected chi connectivity index (χ1v) is 7.88. The average molecular weight is 340 g/mol. The molecule has 0 fully saturated rings. The fraction of sp³-hybridized carbons (Fsp3) is 0.158. The number of phenolic OH excluding ortho intramolecular Hbond substituents is 1. The first-order valence-electron chi connectivity index (χ1n) is 7.47. The Morgan fingerprint density at radius 2 is 1.88 bits per heavy atom. The molecule has 2 N–H and O–H groups in total. The van der Waals surface area contributed by atoms with Gasteiger partial charge < -0.3 is 14.6 Å². The molecule has 3 rings (SSSR count). The fourth-order valence-corrected chi connectivity index (χ4v) is 2.97. The molecule has 24 heavy (non-hydrogen) atoms. The van der Waals surface area contributed by atoms with Crippen molar-refractivity contribution in [3.05, 3.63) is 64.9 Å². The number of thiocarbonyl (C=S) groups is 1. The summed E-state index contributed by atoms with van der Waals surface area (Å²) in [6.07, 6.45) is 1.50. The van der Waals surface area contributed by atoms with E-state index in [0.29, 0.717) is 27.0 Å². The maximum atomic E-state index is 11.3. The van der Waals surface area contributed by atoms with E-state index in [1.54, 1.807) is 12.1 Å². The van der Waals surface area contributed by atoms with Crippen LogP contribution in [-0.2, 0) is 4.79 Å². The Labute approximate surface area is 144 Å². The third kappa shape index (κ3) is 2.67. The molecule has 0 amide bonds. The number of benzene rings is 2. The Morgan fingerprint density at radius 1 is 1.21 bits per heavy atom. The molecule has 0 saturated heterocycles. The highest BCUT2D eigenvalue weighted by atomic mass is 32.1. The molecule has 0 aliphatic heterocycles. The van der Waals surface area contributed by atoms with Crippen molar-refractivity contribution in [3.8, 4) is 5.75 Å². The van der Waals surface area contributed by atoms with Crippen LogP contribution in [0.4, 0.5) is 0 Å². The molecule has 5 heteroatoms. The first kappa shape index (κ1) is 16.2. The molecule has 122 valence electrons. The second kappa shape index (κ2) is 6.09. The van der Waals surface area contributed by atoms with E-state index in [1.165, 1.54) is 13.2 Å². The normalized spacial score (nSPS) is 12.2. The van der Waals surface area contributed by atoms with E-state index in [0.717, 1.165) is 11.1 Å². The van der Waals surface area contributed by atoms with Crippen molar-refractivity contribution in [1.29, 1.82) is 0 Å². The zero-order chi connectivity index (χ0) is 17.4. The summed E-state index contributed by atoms with van der Waals surface area (Å²) in [5.74, 6) is -2.01. The molecule has 0 bridgehead atoms. The summed E-state index contributed by atoms with van der Waals surface area (Å²) >= 11 is 5.56. The van der Waals surface area contributed by atoms with Gasteiger partial charge in [0.15, 0.2) is 0 Å². The smallest absolute Gasteiger partial charge is 0.310 e. The van der Waals surface area contributed by atoms with Crippen molar-refractivity contribution < 1.29 is 19.4 Å². The molecular weight excluding hydrogens is 324 g/mol. The highest BCUT2D eigenvalue weighted by molar-refractivity contribution is 7.81. The quantitative estimate of drug-likeness (QED) is 0.544. The summed E-state index contributed by atoms with van der Waals surface area (Å²) in [4.78, 5) is 11.8. The summed E-state index contributed by atoms with van der Waals surface area (Å²) in [6, 6.07) is 11.0. The van der Waals surface area contributed by atoms with Gasteiger partial charge in [-0.15, -0.1) is 0 Å². The number of carboxylic acids is 1. The van der Waals surface area contributed by atoms with Crippen molar-refractivity contribution in [2.24, 2.45) is 0 Å². The van der Waals surface area contributed by atoms with Gasteiger partial charge in [0, 0.05) is 10.9 Å². The Morgan fingerprint density at radius 3 is 2.50 bits per heavy atom. The van der Waals surface area contributed by atoms with Gasteiger partial charge in [-0.3, -0.25) is 4.79 Å². The molecule has 2 aromatic carbocycles. The summed E-state index contributed by atoms with van der Waals surface area (Å²) in [5, 5.41) is 20.7. The van der Waals surface area contributed by atoms with Crippen LogP contribution in [0.2, 0.25) is 0 Å². The number of phenols is 1. The van der Waals surface area contributed by atoms with Gasteiger partial charge in [0.25, 0.3) is 0 Å². The maximum Gasteiger partial charge on any atom is 0.310 e. The van der Waals surface area contributed by atoms with Crippen LogP contribution in [0.5, 0.6) is 5.75 Å². The van der Waals surface area contributed by atoms with Crippen molar-refractivity contribution in [2.75, 3.05) is 0 Å². The first-order chi connectivity index (χ1) is 11.4. The van der Waals surface area contributed by atoms with Gasteiger partial charge in [0.05, 0.1) is 22.6 Å². The second-order valence-corrected chi connectivity index (χ2v) is 6.19. The lowest BCUT2D eigenvalue weighted by Gasteiger charge is -2.15. The van der Waals surface area contributed by atoms with E-state index >= 15 is 0 Å². The molecule has 0 aliphatic rings. The number of aromatic hydroxyl groups is 1. The van der Waals surface area contributed by atoms with E-state index in [9.17, 15) is 15.0 Å². The minimum atomic E-state index is -1.01. The molecule has 1 unspecified atom stereocenters. The number of rotatable bonds is 4. The number of carbonyl (C=O) groups is 1. The minimum absolute atomic E-state index is 0.141. The predicted octanol–water partition coefficient (Wildman–Crippen LogP) is 4.40. The number of carboxylic acid groups (broad SMARTS) is 1. The molecule has 3 aromatic rings. The third-order valence-electron chi connectivity index (χ3n) is 4.12. The Hall–Kier alpha value is -2.66. The molecule has 1 heterocycles. The minimum Gasteiger partial charge on any atom is -0.507 e. The van der Waals surface area contributed by atoms with Gasteiger partial charge in [-0.2, -0.15) is 0 Å². The van der Waals surface area contributed by atoms with Crippen LogP contribution < -0.4 is 0 Å². The topological polar surface area (TPSA) is 70.7 Å². The summed E-state index contributed by atoms with van der Waals surface area (Å²) in [7, 11) is 0. The molecule has 0 radical (unpaired) electrons. The SMILES string of the molecule is Cc1ccc(C(=S)c2c(O)c(C(C)C(=O)O)cc3ccoc23)cc1. The Bertz CT molecular complexity index is 938. The van der Waals surface area contributed by atoms with Crippen LogP contribution >= 0.6 is 12.2 Å². The van der Waals surface area contributed by atoms with Gasteiger partial charge in [-0.05, 0) is 31.5 Å². The zero-order valence-corrected chi connectivity index (χ0v) is 14.1. The molecule has 1 aromatic heterocycles. The Balaban J connectivity index is 2.24. The zero-order valence-electron chi connectivity index (χ0n) is 13.2. The van der Waals surface area contributed by atoms with Gasteiger partial charge in [-0.25, -0.2) is 0 Å². The van der Waals surface area contributed by atoms with Crippen LogP contribution in [0.3, 0.4) is 0 Å². The van der Waals surface area contributed by atoms with Crippen molar-refractivity contribution in [2.45, 2.75) is 19.8 Å². The lowest BCUT2D eigenvalue weighted by atomic mass is 9.92. The van der Waals surface area contributed by atoms with Crippen molar-refractivity contribution in [3.63, 3.8) is 0 Å². The number of aliphatic carboxylic acids is 1. The van der Waals surface area contributed by atoms with Crippen LogP contribution in [0.1, 0.15) is 35.1 Å². The van der Waals surface area contributed by atoms with Crippen LogP contribution in [0.25, 0.3) is 11.0 Å². The number of hydrogen-bond donors (Lipinski definition) is 2. The summed E-state index contributed by atoms with van der Waals surface area (Å²) < 4.78 is 5.50. The van der Waals surface area contributed by atoms with Crippen molar-refractivity contribution in [1.82, 2.24) is 0 Å². The molecule has 4 nitrogen and oxygen atoms in total. The number of fused-ring (bicyclic) bond motifs is 1. The maximum absolute atomic E-state index is 11.3. The van der Waals surface area contributed by atoms with Gasteiger partial charge >= 0.3 is 5.97 Å². The molecule has 1 atom stereocenters. The molecular formula is C19H16O4S. The summed E-state index contributed by atoms with van der Waals surface area (Å²) in [6.45, 7) is 3.51. The second-order valence-electron chi connectivity index (χ2n) is 5.78. The molecule has 0 saturated carbocycles. The van der Waals surface area contributed by atoms with E-state index in [4.69, 9.17) is 16.6 Å². The monoisotopic (exact) mass is 340 g/mol. The number of hydrogen-bond acceptors (Lipinski definition) is 4. The average Bonchev–Trinajstić information content (AvgIpc) is 3.01. The van der Waals surface area contributed by atoms with Gasteiger partial charge in [-0.1, -0.05) is 42.0 Å². The van der Waals surface area contributed by atoms with Crippen LogP contribution in [0, 0.1) is 6.92 Å². The van der Waals surface area contributed by atoms with Gasteiger partial charge in [0.2, 0.25) is 0 Å². The fourth-order valence-electron chi connectivity index (χ4n) is 2.65. The van der Waals surface area contributed by atoms with E-state index in [-0.39, 0.29) is 5.75 Å². The van der Waals surface area contributed by atoms with Crippen LogP contribution in [0.15, 0.2) is 47.1 Å². The largest absolute Gasteiger partial charge is 0.507 e. The Kier molecular flexibility index (Phi) is 4.11. The highest BCUT2D eigenvalue weighted by Crippen LogP contribution is 2.37. The molecule has 0 aliphatic carbocycles. The number of furan rings is 1. The third-order valence-corrected chi connectivity index (χ3v) is 4.56. The van der Waals surface area contributed by atoms with Crippen molar-refractivity contribution >= 4 is 34.0 Å². The predicted molar refractivity (Wildman–Crippen MR) is 95.9 cm³/mol. The lowest BCUT2D eigenvalue weighted by molar-refractivity contribution is -0.138. The van der Waals surface area contributed by atoms with E-state index < -0.39 is 11.9 Å². The van der Waals surface area contributed by atoms with E-state index in [2.05, 4.69) is 0 Å². The summed E-state index contributed by atoms with van der Waals surface area (Å²) in [5.41, 5.74) is 3.01. The highest BCUT2D eigenvalue weighted by Gasteiger charge is 2.25. The van der Waals surface area contributed by atoms with E-state index in [1.807, 2.05) is 31.2 Å². The van der Waals surface area contributed by atoms with Gasteiger partial charge in [0.1, 0.15) is 11.3 Å². The number of aryl methyl sites for hydroxylation is 1. The standard InChI is InChI=1S/C19H16O4S/c1-10-3-5-12(6-4-10)18(24)15-16(20)14(11(2)19(21)22)9-13-7-8-23-17(13)15/h3-9,11,20H,1-2H3,(H,21,22).